The van der Waals surface area contributed by atoms with E-state index in [4.69, 9.17) is 0 Å². The summed E-state index contributed by atoms with van der Waals surface area (Å²) in [6, 6.07) is 0. The van der Waals surface area contributed by atoms with E-state index in [0.717, 1.165) is 6.54 Å². The highest BCUT2D eigenvalue weighted by atomic mass is 16.2. The average Bonchev–Trinajstić information content (AvgIpc) is 1.84. The van der Waals surface area contributed by atoms with E-state index in [0.29, 0.717) is 18.3 Å². The molecule has 0 unspecified atom stereocenters. The maximum atomic E-state index is 11.4. The second kappa shape index (κ2) is 5.18. The van der Waals surface area contributed by atoms with Crippen LogP contribution in [0.1, 0.15) is 34.1 Å². The van der Waals surface area contributed by atoms with Gasteiger partial charge in [0.05, 0.1) is 0 Å². The molecule has 2 nitrogen and oxygen atoms in total. The molecule has 0 saturated heterocycles. The molecule has 0 bridgehead atoms. The van der Waals surface area contributed by atoms with Crippen LogP contribution in [-0.4, -0.2) is 24.4 Å². The van der Waals surface area contributed by atoms with Crippen molar-refractivity contribution in [2.45, 2.75) is 34.1 Å². The lowest BCUT2D eigenvalue weighted by Gasteiger charge is -2.20. The third kappa shape index (κ3) is 5.16. The summed E-state index contributed by atoms with van der Waals surface area (Å²) in [5.41, 5.74) is 0. The molecule has 2 heteroatoms. The molecule has 0 aromatic rings. The number of carbonyl (C=O) groups is 1. The highest BCUT2D eigenvalue weighted by Crippen LogP contribution is 2.04. The van der Waals surface area contributed by atoms with E-state index in [1.165, 1.54) is 0 Å². The largest absolute Gasteiger partial charge is 0.345 e. The quantitative estimate of drug-likeness (QED) is 0.634. The molecule has 0 heterocycles. The minimum Gasteiger partial charge on any atom is -0.345 e. The Balaban J connectivity index is 3.77. The van der Waals surface area contributed by atoms with Crippen LogP contribution in [0.3, 0.4) is 0 Å². The summed E-state index contributed by atoms with van der Waals surface area (Å²) in [4.78, 5) is 13.2. The number of hydrogen-bond donors (Lipinski definition) is 0. The molecule has 0 atom stereocenters. The zero-order chi connectivity index (χ0) is 9.72. The van der Waals surface area contributed by atoms with Crippen LogP contribution >= 0.6 is 0 Å². The molecule has 0 saturated carbocycles. The third-order valence-electron chi connectivity index (χ3n) is 1.65. The Labute approximate surface area is 75.9 Å². The van der Waals surface area contributed by atoms with Gasteiger partial charge in [-0.2, -0.15) is 0 Å². The van der Waals surface area contributed by atoms with Crippen molar-refractivity contribution in [1.82, 2.24) is 4.90 Å². The van der Waals surface area contributed by atoms with Gasteiger partial charge in [0.25, 0.3) is 0 Å². The summed E-state index contributed by atoms with van der Waals surface area (Å²) in [6.45, 7) is 9.26. The van der Waals surface area contributed by atoms with Gasteiger partial charge in [0.2, 0.25) is 5.91 Å². The van der Waals surface area contributed by atoms with Crippen LogP contribution in [-0.2, 0) is 4.79 Å². The zero-order valence-electron chi connectivity index (χ0n) is 8.92. The van der Waals surface area contributed by atoms with Gasteiger partial charge in [-0.3, -0.25) is 4.79 Å². The molecule has 0 aliphatic rings. The Kier molecular flexibility index (Phi) is 4.95. The molecule has 0 aromatic carbocycles. The van der Waals surface area contributed by atoms with Crippen molar-refractivity contribution in [2.75, 3.05) is 13.6 Å². The molecule has 0 rings (SSSR count). The third-order valence-corrected chi connectivity index (χ3v) is 1.65. The Morgan fingerprint density at radius 2 is 1.67 bits per heavy atom. The first-order chi connectivity index (χ1) is 5.43. The molecule has 0 spiro atoms. The van der Waals surface area contributed by atoms with E-state index < -0.39 is 0 Å². The van der Waals surface area contributed by atoms with Crippen LogP contribution in [0.2, 0.25) is 0 Å². The molecule has 0 aliphatic carbocycles. The lowest BCUT2D eigenvalue weighted by molar-refractivity contribution is -0.131. The standard InChI is InChI=1S/C10H21NO/c1-8(2)6-10(12)11(5)7-9(3)4/h8-9H,6-7H2,1-5H3. The maximum absolute atomic E-state index is 11.4. The zero-order valence-corrected chi connectivity index (χ0v) is 8.92. The first-order valence-electron chi connectivity index (χ1n) is 4.67. The van der Waals surface area contributed by atoms with Crippen LogP contribution in [0.4, 0.5) is 0 Å². The van der Waals surface area contributed by atoms with Gasteiger partial charge in [-0.1, -0.05) is 27.7 Å². The second-order valence-electron chi connectivity index (χ2n) is 4.27. The van der Waals surface area contributed by atoms with Gasteiger partial charge in [0.15, 0.2) is 0 Å². The van der Waals surface area contributed by atoms with E-state index in [9.17, 15) is 4.79 Å². The number of carbonyl (C=O) groups excluding carboxylic acids is 1. The monoisotopic (exact) mass is 171 g/mol. The topological polar surface area (TPSA) is 20.3 Å². The smallest absolute Gasteiger partial charge is 0.222 e. The molecular formula is C10H21NO. The summed E-state index contributed by atoms with van der Waals surface area (Å²) in [6.07, 6.45) is 0.670. The Hall–Kier alpha value is -0.530. The van der Waals surface area contributed by atoms with Gasteiger partial charge >= 0.3 is 0 Å². The molecule has 1 amide bonds. The van der Waals surface area contributed by atoms with Gasteiger partial charge < -0.3 is 4.90 Å². The fourth-order valence-electron chi connectivity index (χ4n) is 1.15. The first-order valence-corrected chi connectivity index (χ1v) is 4.67. The Morgan fingerprint density at radius 3 is 2.00 bits per heavy atom. The fourth-order valence-corrected chi connectivity index (χ4v) is 1.15. The van der Waals surface area contributed by atoms with Crippen molar-refractivity contribution >= 4 is 5.91 Å². The van der Waals surface area contributed by atoms with Crippen LogP contribution in [0.15, 0.2) is 0 Å². The number of amides is 1. The molecule has 12 heavy (non-hydrogen) atoms. The number of hydrogen-bond acceptors (Lipinski definition) is 1. The lowest BCUT2D eigenvalue weighted by Crippen LogP contribution is -2.30. The van der Waals surface area contributed by atoms with Gasteiger partial charge in [0.1, 0.15) is 0 Å². The highest BCUT2D eigenvalue weighted by Gasteiger charge is 2.11. The number of nitrogens with zero attached hydrogens (tertiary/aromatic N) is 1. The summed E-state index contributed by atoms with van der Waals surface area (Å²) in [5, 5.41) is 0. The first kappa shape index (κ1) is 11.5. The number of rotatable bonds is 4. The van der Waals surface area contributed by atoms with Crippen molar-refractivity contribution in [2.24, 2.45) is 11.8 Å². The minimum absolute atomic E-state index is 0.263. The fraction of sp³-hybridized carbons (Fsp3) is 0.900. The highest BCUT2D eigenvalue weighted by molar-refractivity contribution is 5.76. The van der Waals surface area contributed by atoms with Crippen molar-refractivity contribution in [3.63, 3.8) is 0 Å². The second-order valence-corrected chi connectivity index (χ2v) is 4.27. The normalized spacial score (nSPS) is 10.9. The van der Waals surface area contributed by atoms with Crippen molar-refractivity contribution in [3.8, 4) is 0 Å². The van der Waals surface area contributed by atoms with Crippen molar-refractivity contribution in [1.29, 1.82) is 0 Å². The van der Waals surface area contributed by atoms with Crippen LogP contribution in [0, 0.1) is 11.8 Å². The predicted octanol–water partition coefficient (Wildman–Crippen LogP) is 2.15. The van der Waals surface area contributed by atoms with Crippen LogP contribution in [0.25, 0.3) is 0 Å². The Bertz CT molecular complexity index is 141. The van der Waals surface area contributed by atoms with Crippen LogP contribution in [0.5, 0.6) is 0 Å². The SMILES string of the molecule is CC(C)CC(=O)N(C)CC(C)C. The van der Waals surface area contributed by atoms with Crippen molar-refractivity contribution < 1.29 is 4.79 Å². The molecule has 0 radical (unpaired) electrons. The van der Waals surface area contributed by atoms with Gasteiger partial charge in [0, 0.05) is 20.0 Å². The van der Waals surface area contributed by atoms with Gasteiger partial charge in [-0.05, 0) is 11.8 Å². The van der Waals surface area contributed by atoms with Gasteiger partial charge in [-0.25, -0.2) is 0 Å². The lowest BCUT2D eigenvalue weighted by atomic mass is 10.1. The summed E-state index contributed by atoms with van der Waals surface area (Å²) in [5.74, 6) is 1.29. The molecule has 0 fully saturated rings. The van der Waals surface area contributed by atoms with E-state index in [1.54, 1.807) is 0 Å². The predicted molar refractivity (Wildman–Crippen MR) is 51.9 cm³/mol. The molecule has 0 N–H and O–H groups in total. The van der Waals surface area contributed by atoms with E-state index in [1.807, 2.05) is 11.9 Å². The van der Waals surface area contributed by atoms with Gasteiger partial charge in [-0.15, -0.1) is 0 Å². The molecular weight excluding hydrogens is 150 g/mol. The van der Waals surface area contributed by atoms with E-state index in [-0.39, 0.29) is 5.91 Å². The van der Waals surface area contributed by atoms with Crippen molar-refractivity contribution in [3.05, 3.63) is 0 Å². The average molecular weight is 171 g/mol. The molecule has 0 aromatic heterocycles. The minimum atomic E-state index is 0.263. The molecule has 0 aliphatic heterocycles. The van der Waals surface area contributed by atoms with Crippen LogP contribution < -0.4 is 0 Å². The molecule has 72 valence electrons. The summed E-state index contributed by atoms with van der Waals surface area (Å²) >= 11 is 0. The van der Waals surface area contributed by atoms with E-state index in [2.05, 4.69) is 27.7 Å². The summed E-state index contributed by atoms with van der Waals surface area (Å²) in [7, 11) is 1.88. The maximum Gasteiger partial charge on any atom is 0.222 e. The summed E-state index contributed by atoms with van der Waals surface area (Å²) < 4.78 is 0. The Morgan fingerprint density at radius 1 is 1.17 bits per heavy atom. The van der Waals surface area contributed by atoms with E-state index >= 15 is 0 Å².